The van der Waals surface area contributed by atoms with Gasteiger partial charge in [0.05, 0.1) is 5.02 Å². The zero-order valence-electron chi connectivity index (χ0n) is 10.5. The SMILES string of the molecule is CN(Cc1cccs1)S(=O)(=O)c1cc(N)cc(Cl)c1F. The first-order valence-electron chi connectivity index (χ1n) is 5.55. The molecule has 4 nitrogen and oxygen atoms in total. The van der Waals surface area contributed by atoms with Gasteiger partial charge in [0.25, 0.3) is 0 Å². The molecule has 0 saturated carbocycles. The molecule has 0 aliphatic rings. The molecular weight excluding hydrogens is 323 g/mol. The number of rotatable bonds is 4. The van der Waals surface area contributed by atoms with Crippen LogP contribution in [0, 0.1) is 5.82 Å². The number of sulfonamides is 1. The number of hydrogen-bond acceptors (Lipinski definition) is 4. The van der Waals surface area contributed by atoms with Crippen LogP contribution in [0.5, 0.6) is 0 Å². The summed E-state index contributed by atoms with van der Waals surface area (Å²) in [5.41, 5.74) is 5.63. The highest BCUT2D eigenvalue weighted by atomic mass is 35.5. The zero-order chi connectivity index (χ0) is 14.9. The lowest BCUT2D eigenvalue weighted by Crippen LogP contribution is -2.27. The van der Waals surface area contributed by atoms with Gasteiger partial charge >= 0.3 is 0 Å². The fourth-order valence-corrected chi connectivity index (χ4v) is 4.04. The summed E-state index contributed by atoms with van der Waals surface area (Å²) < 4.78 is 39.7. The molecule has 0 fully saturated rings. The molecule has 2 N–H and O–H groups in total. The van der Waals surface area contributed by atoms with Crippen LogP contribution in [-0.4, -0.2) is 19.8 Å². The summed E-state index contributed by atoms with van der Waals surface area (Å²) in [6.07, 6.45) is 0. The van der Waals surface area contributed by atoms with Crippen LogP contribution in [0.15, 0.2) is 34.5 Å². The molecular formula is C12H12ClFN2O2S2. The van der Waals surface area contributed by atoms with Gasteiger partial charge in [-0.3, -0.25) is 0 Å². The van der Waals surface area contributed by atoms with Crippen molar-refractivity contribution in [2.45, 2.75) is 11.4 Å². The quantitative estimate of drug-likeness (QED) is 0.874. The number of nitrogen functional groups attached to an aromatic ring is 1. The lowest BCUT2D eigenvalue weighted by atomic mass is 10.3. The van der Waals surface area contributed by atoms with Crippen molar-refractivity contribution in [3.8, 4) is 0 Å². The molecule has 0 amide bonds. The van der Waals surface area contributed by atoms with E-state index in [1.165, 1.54) is 24.5 Å². The molecule has 0 saturated heterocycles. The van der Waals surface area contributed by atoms with Gasteiger partial charge < -0.3 is 5.73 Å². The third-order valence-electron chi connectivity index (χ3n) is 2.66. The number of anilines is 1. The van der Waals surface area contributed by atoms with Crippen molar-refractivity contribution in [1.29, 1.82) is 0 Å². The summed E-state index contributed by atoms with van der Waals surface area (Å²) in [6.45, 7) is 0.159. The van der Waals surface area contributed by atoms with E-state index in [-0.39, 0.29) is 17.3 Å². The van der Waals surface area contributed by atoms with Gasteiger partial charge in [0.1, 0.15) is 4.90 Å². The Morgan fingerprint density at radius 2 is 2.15 bits per heavy atom. The standard InChI is InChI=1S/C12H12ClFN2O2S2/c1-16(7-9-3-2-4-19-9)20(17,18)11-6-8(15)5-10(13)12(11)14/h2-6H,7,15H2,1H3. The van der Waals surface area contributed by atoms with Crippen LogP contribution in [0.2, 0.25) is 5.02 Å². The first kappa shape index (κ1) is 15.2. The summed E-state index contributed by atoms with van der Waals surface area (Å²) >= 11 is 7.06. The topological polar surface area (TPSA) is 63.4 Å². The van der Waals surface area contributed by atoms with Gasteiger partial charge in [-0.1, -0.05) is 17.7 Å². The van der Waals surface area contributed by atoms with Crippen LogP contribution in [0.3, 0.4) is 0 Å². The molecule has 0 unspecified atom stereocenters. The minimum Gasteiger partial charge on any atom is -0.399 e. The number of nitrogens with zero attached hydrogens (tertiary/aromatic N) is 1. The lowest BCUT2D eigenvalue weighted by Gasteiger charge is -2.17. The van der Waals surface area contributed by atoms with Crippen molar-refractivity contribution in [2.75, 3.05) is 12.8 Å². The maximum Gasteiger partial charge on any atom is 0.246 e. The zero-order valence-corrected chi connectivity index (χ0v) is 12.9. The second-order valence-electron chi connectivity index (χ2n) is 4.16. The molecule has 0 aliphatic carbocycles. The minimum atomic E-state index is -3.99. The first-order chi connectivity index (χ1) is 9.32. The summed E-state index contributed by atoms with van der Waals surface area (Å²) in [7, 11) is -2.61. The second kappa shape index (κ2) is 5.69. The second-order valence-corrected chi connectivity index (χ2v) is 7.61. The van der Waals surface area contributed by atoms with E-state index in [9.17, 15) is 12.8 Å². The molecule has 1 aromatic heterocycles. The average molecular weight is 335 g/mol. The summed E-state index contributed by atoms with van der Waals surface area (Å²) in [5, 5.41) is 1.53. The summed E-state index contributed by atoms with van der Waals surface area (Å²) in [4.78, 5) is 0.341. The third kappa shape index (κ3) is 2.95. The van der Waals surface area contributed by atoms with E-state index in [0.717, 1.165) is 15.2 Å². The van der Waals surface area contributed by atoms with E-state index < -0.39 is 20.7 Å². The Hall–Kier alpha value is -1.15. The van der Waals surface area contributed by atoms with E-state index in [4.69, 9.17) is 17.3 Å². The Kier molecular flexibility index (Phi) is 4.33. The van der Waals surface area contributed by atoms with Crippen molar-refractivity contribution in [3.63, 3.8) is 0 Å². The van der Waals surface area contributed by atoms with E-state index in [1.807, 2.05) is 11.4 Å². The molecule has 0 bridgehead atoms. The van der Waals surface area contributed by atoms with Crippen LogP contribution in [0.4, 0.5) is 10.1 Å². The molecule has 108 valence electrons. The smallest absolute Gasteiger partial charge is 0.246 e. The van der Waals surface area contributed by atoms with Gasteiger partial charge in [0.15, 0.2) is 5.82 Å². The fraction of sp³-hybridized carbons (Fsp3) is 0.167. The Morgan fingerprint density at radius 3 is 2.75 bits per heavy atom. The monoisotopic (exact) mass is 334 g/mol. The van der Waals surface area contributed by atoms with Gasteiger partial charge in [-0.15, -0.1) is 11.3 Å². The van der Waals surface area contributed by atoms with Crippen molar-refractivity contribution in [3.05, 3.63) is 45.4 Å². The Labute approximate surface area is 125 Å². The van der Waals surface area contributed by atoms with E-state index in [2.05, 4.69) is 0 Å². The molecule has 1 aromatic carbocycles. The summed E-state index contributed by atoms with van der Waals surface area (Å²) in [6, 6.07) is 5.87. The molecule has 0 spiro atoms. The van der Waals surface area contributed by atoms with Crippen LogP contribution in [0.1, 0.15) is 4.88 Å². The fourth-order valence-electron chi connectivity index (χ4n) is 1.65. The summed E-state index contributed by atoms with van der Waals surface area (Å²) in [5.74, 6) is -0.987. The van der Waals surface area contributed by atoms with Gasteiger partial charge in [-0.2, -0.15) is 4.31 Å². The third-order valence-corrected chi connectivity index (χ3v) is 5.60. The van der Waals surface area contributed by atoms with Gasteiger partial charge in [0.2, 0.25) is 10.0 Å². The number of halogens is 2. The van der Waals surface area contributed by atoms with Crippen LogP contribution in [0.25, 0.3) is 0 Å². The highest BCUT2D eigenvalue weighted by Gasteiger charge is 2.26. The molecule has 2 aromatic rings. The van der Waals surface area contributed by atoms with E-state index in [1.54, 1.807) is 6.07 Å². The maximum absolute atomic E-state index is 13.9. The molecule has 0 atom stereocenters. The number of nitrogens with two attached hydrogens (primary N) is 1. The highest BCUT2D eigenvalue weighted by molar-refractivity contribution is 7.89. The average Bonchev–Trinajstić information content (AvgIpc) is 2.86. The van der Waals surface area contributed by atoms with Crippen molar-refractivity contribution in [2.24, 2.45) is 0 Å². The van der Waals surface area contributed by atoms with Crippen molar-refractivity contribution >= 4 is 38.6 Å². The molecule has 2 rings (SSSR count). The number of hydrogen-bond donors (Lipinski definition) is 1. The minimum absolute atomic E-state index is 0.0968. The predicted molar refractivity (Wildman–Crippen MR) is 78.8 cm³/mol. The Balaban J connectivity index is 2.40. The van der Waals surface area contributed by atoms with Crippen LogP contribution in [-0.2, 0) is 16.6 Å². The predicted octanol–water partition coefficient (Wildman–Crippen LogP) is 2.94. The Bertz CT molecular complexity index is 717. The van der Waals surface area contributed by atoms with Crippen molar-refractivity contribution in [1.82, 2.24) is 4.31 Å². The molecule has 0 radical (unpaired) electrons. The van der Waals surface area contributed by atoms with E-state index in [0.29, 0.717) is 0 Å². The highest BCUT2D eigenvalue weighted by Crippen LogP contribution is 2.28. The van der Waals surface area contributed by atoms with Crippen LogP contribution >= 0.6 is 22.9 Å². The largest absolute Gasteiger partial charge is 0.399 e. The number of benzene rings is 1. The van der Waals surface area contributed by atoms with Crippen molar-refractivity contribution < 1.29 is 12.8 Å². The molecule has 0 aliphatic heterocycles. The van der Waals surface area contributed by atoms with Gasteiger partial charge in [0, 0.05) is 24.2 Å². The van der Waals surface area contributed by atoms with Crippen LogP contribution < -0.4 is 5.73 Å². The normalized spacial score (nSPS) is 12.0. The first-order valence-corrected chi connectivity index (χ1v) is 8.25. The van der Waals surface area contributed by atoms with Gasteiger partial charge in [-0.25, -0.2) is 12.8 Å². The molecule has 8 heteroatoms. The van der Waals surface area contributed by atoms with E-state index >= 15 is 0 Å². The molecule has 20 heavy (non-hydrogen) atoms. The Morgan fingerprint density at radius 1 is 1.45 bits per heavy atom. The maximum atomic E-state index is 13.9. The lowest BCUT2D eigenvalue weighted by molar-refractivity contribution is 0.462. The molecule has 1 heterocycles. The number of thiophene rings is 1. The van der Waals surface area contributed by atoms with Gasteiger partial charge in [-0.05, 0) is 23.6 Å².